The molecule has 0 aromatic carbocycles. The van der Waals surface area contributed by atoms with Crippen molar-refractivity contribution in [2.24, 2.45) is 0 Å². The van der Waals surface area contributed by atoms with Crippen molar-refractivity contribution in [2.75, 3.05) is 19.8 Å². The van der Waals surface area contributed by atoms with Gasteiger partial charge in [-0.2, -0.15) is 0 Å². The molecule has 2 heterocycles. The molecular weight excluding hydrogens is 170 g/mol. The number of rotatable bonds is 2. The van der Waals surface area contributed by atoms with Crippen molar-refractivity contribution in [3.8, 4) is 0 Å². The normalized spacial score (nSPS) is 26.8. The fraction of sp³-hybridized carbons (Fsp3) is 0.667. The summed E-state index contributed by atoms with van der Waals surface area (Å²) in [5.41, 5.74) is 0.743. The lowest BCUT2D eigenvalue weighted by Crippen LogP contribution is -2.35. The average Bonchev–Trinajstić information content (AvgIpc) is 2.74. The molecule has 72 valence electrons. The fourth-order valence-corrected chi connectivity index (χ4v) is 1.48. The lowest BCUT2D eigenvalue weighted by atomic mass is 10.2. The van der Waals surface area contributed by atoms with Crippen LogP contribution in [0.3, 0.4) is 0 Å². The van der Waals surface area contributed by atoms with Gasteiger partial charge in [0.05, 0.1) is 31.1 Å². The Kier molecular flexibility index (Phi) is 2.49. The Morgan fingerprint density at radius 1 is 1.54 bits per heavy atom. The Labute approximate surface area is 76.9 Å². The zero-order chi connectivity index (χ0) is 9.10. The maximum Gasteiger partial charge on any atom is 0.250 e. The van der Waals surface area contributed by atoms with Crippen molar-refractivity contribution in [3.63, 3.8) is 0 Å². The molecule has 0 aliphatic carbocycles. The number of ether oxygens (including phenoxy) is 2. The van der Waals surface area contributed by atoms with Gasteiger partial charge in [-0.3, -0.25) is 4.79 Å². The molecule has 0 aromatic rings. The second-order valence-corrected chi connectivity index (χ2v) is 3.30. The fourth-order valence-electron chi connectivity index (χ4n) is 1.48. The van der Waals surface area contributed by atoms with Crippen LogP contribution in [0.4, 0.5) is 0 Å². The number of carbonyl (C=O) groups excluding carboxylic acids is 1. The first kappa shape index (κ1) is 8.56. The zero-order valence-corrected chi connectivity index (χ0v) is 7.41. The van der Waals surface area contributed by atoms with Gasteiger partial charge in [0, 0.05) is 13.0 Å². The summed E-state index contributed by atoms with van der Waals surface area (Å²) in [6.45, 7) is 2.02. The quantitative estimate of drug-likeness (QED) is 0.665. The van der Waals surface area contributed by atoms with Crippen LogP contribution in [0, 0.1) is 0 Å². The van der Waals surface area contributed by atoms with E-state index in [4.69, 9.17) is 9.47 Å². The number of amides is 1. The Bertz CT molecular complexity index is 231. The SMILES string of the molecule is O=C(NC1CCOC1)C1=COCC1. The van der Waals surface area contributed by atoms with E-state index in [0.29, 0.717) is 13.2 Å². The lowest BCUT2D eigenvalue weighted by molar-refractivity contribution is -0.118. The first-order chi connectivity index (χ1) is 6.36. The summed E-state index contributed by atoms with van der Waals surface area (Å²) in [5, 5.41) is 2.91. The summed E-state index contributed by atoms with van der Waals surface area (Å²) >= 11 is 0. The molecular formula is C9H13NO3. The van der Waals surface area contributed by atoms with E-state index in [1.807, 2.05) is 0 Å². The largest absolute Gasteiger partial charge is 0.500 e. The van der Waals surface area contributed by atoms with Crippen LogP contribution in [0.5, 0.6) is 0 Å². The highest BCUT2D eigenvalue weighted by molar-refractivity contribution is 5.93. The highest BCUT2D eigenvalue weighted by atomic mass is 16.5. The molecule has 2 rings (SSSR count). The molecule has 4 nitrogen and oxygen atoms in total. The second-order valence-electron chi connectivity index (χ2n) is 3.30. The lowest BCUT2D eigenvalue weighted by Gasteiger charge is -2.09. The van der Waals surface area contributed by atoms with E-state index >= 15 is 0 Å². The van der Waals surface area contributed by atoms with Gasteiger partial charge in [-0.05, 0) is 6.42 Å². The van der Waals surface area contributed by atoms with E-state index in [1.54, 1.807) is 6.26 Å². The summed E-state index contributed by atoms with van der Waals surface area (Å²) < 4.78 is 10.1. The van der Waals surface area contributed by atoms with Crippen LogP contribution >= 0.6 is 0 Å². The van der Waals surface area contributed by atoms with Gasteiger partial charge in [0.1, 0.15) is 0 Å². The first-order valence-electron chi connectivity index (χ1n) is 4.55. The predicted molar refractivity (Wildman–Crippen MR) is 46.0 cm³/mol. The van der Waals surface area contributed by atoms with E-state index in [9.17, 15) is 4.79 Å². The van der Waals surface area contributed by atoms with Crippen molar-refractivity contribution < 1.29 is 14.3 Å². The van der Waals surface area contributed by atoms with E-state index in [2.05, 4.69) is 5.32 Å². The monoisotopic (exact) mass is 183 g/mol. The summed E-state index contributed by atoms with van der Waals surface area (Å²) in [5.74, 6) is -0.00648. The molecule has 1 N–H and O–H groups in total. The number of carbonyl (C=O) groups is 1. The zero-order valence-electron chi connectivity index (χ0n) is 7.41. The molecule has 1 saturated heterocycles. The molecule has 0 radical (unpaired) electrons. The van der Waals surface area contributed by atoms with Crippen molar-refractivity contribution in [2.45, 2.75) is 18.9 Å². The molecule has 13 heavy (non-hydrogen) atoms. The maximum atomic E-state index is 11.5. The average molecular weight is 183 g/mol. The minimum Gasteiger partial charge on any atom is -0.500 e. The third-order valence-electron chi connectivity index (χ3n) is 2.27. The minimum absolute atomic E-state index is 0.00648. The molecule has 1 atom stereocenters. The maximum absolute atomic E-state index is 11.5. The van der Waals surface area contributed by atoms with Gasteiger partial charge in [0.2, 0.25) is 0 Å². The Balaban J connectivity index is 1.83. The van der Waals surface area contributed by atoms with Crippen LogP contribution in [0.1, 0.15) is 12.8 Å². The second kappa shape index (κ2) is 3.79. The van der Waals surface area contributed by atoms with Gasteiger partial charge < -0.3 is 14.8 Å². The van der Waals surface area contributed by atoms with Crippen molar-refractivity contribution in [1.82, 2.24) is 5.32 Å². The van der Waals surface area contributed by atoms with Crippen LogP contribution in [0.15, 0.2) is 11.8 Å². The summed E-state index contributed by atoms with van der Waals surface area (Å²) in [6, 6.07) is 0.189. The summed E-state index contributed by atoms with van der Waals surface area (Å²) in [4.78, 5) is 11.5. The molecule has 0 aromatic heterocycles. The van der Waals surface area contributed by atoms with E-state index in [0.717, 1.165) is 25.0 Å². The molecule has 1 unspecified atom stereocenters. The van der Waals surface area contributed by atoms with E-state index in [-0.39, 0.29) is 11.9 Å². The van der Waals surface area contributed by atoms with E-state index < -0.39 is 0 Å². The third-order valence-corrected chi connectivity index (χ3v) is 2.27. The van der Waals surface area contributed by atoms with Crippen LogP contribution in [0.25, 0.3) is 0 Å². The molecule has 1 fully saturated rings. The Morgan fingerprint density at radius 2 is 2.46 bits per heavy atom. The van der Waals surface area contributed by atoms with Gasteiger partial charge in [-0.1, -0.05) is 0 Å². The molecule has 0 spiro atoms. The molecule has 1 amide bonds. The summed E-state index contributed by atoms with van der Waals surface area (Å²) in [7, 11) is 0. The predicted octanol–water partition coefficient (Wildman–Crippen LogP) is 0.196. The molecule has 2 aliphatic rings. The highest BCUT2D eigenvalue weighted by Gasteiger charge is 2.21. The van der Waals surface area contributed by atoms with Crippen molar-refractivity contribution in [1.29, 1.82) is 0 Å². The van der Waals surface area contributed by atoms with Crippen LogP contribution in [-0.4, -0.2) is 31.8 Å². The number of hydrogen-bond donors (Lipinski definition) is 1. The van der Waals surface area contributed by atoms with Crippen LogP contribution in [0.2, 0.25) is 0 Å². The summed E-state index contributed by atoms with van der Waals surface area (Å²) in [6.07, 6.45) is 3.18. The van der Waals surface area contributed by atoms with E-state index in [1.165, 1.54) is 0 Å². The van der Waals surface area contributed by atoms with Crippen LogP contribution in [-0.2, 0) is 14.3 Å². The smallest absolute Gasteiger partial charge is 0.250 e. The Morgan fingerprint density at radius 3 is 3.08 bits per heavy atom. The third kappa shape index (κ3) is 2.01. The first-order valence-corrected chi connectivity index (χ1v) is 4.55. The van der Waals surface area contributed by atoms with Crippen molar-refractivity contribution >= 4 is 5.91 Å². The minimum atomic E-state index is -0.00648. The molecule has 2 aliphatic heterocycles. The van der Waals surface area contributed by atoms with Crippen molar-refractivity contribution in [3.05, 3.63) is 11.8 Å². The van der Waals surface area contributed by atoms with Gasteiger partial charge in [0.15, 0.2) is 0 Å². The highest BCUT2D eigenvalue weighted by Crippen LogP contribution is 2.11. The Hall–Kier alpha value is -1.03. The molecule has 0 saturated carbocycles. The van der Waals surface area contributed by atoms with Crippen LogP contribution < -0.4 is 5.32 Å². The topological polar surface area (TPSA) is 47.6 Å². The molecule has 4 heteroatoms. The number of hydrogen-bond acceptors (Lipinski definition) is 3. The van der Waals surface area contributed by atoms with Gasteiger partial charge >= 0.3 is 0 Å². The number of nitrogens with one attached hydrogen (secondary N) is 1. The van der Waals surface area contributed by atoms with Gasteiger partial charge in [-0.25, -0.2) is 0 Å². The standard InChI is InChI=1S/C9H13NO3/c11-9(7-1-3-12-5-7)10-8-2-4-13-6-8/h5,8H,1-4,6H2,(H,10,11). The molecule has 0 bridgehead atoms. The van der Waals surface area contributed by atoms with Gasteiger partial charge in [-0.15, -0.1) is 0 Å². The van der Waals surface area contributed by atoms with Gasteiger partial charge in [0.25, 0.3) is 5.91 Å².